The van der Waals surface area contributed by atoms with E-state index in [1.807, 2.05) is 43.3 Å². The van der Waals surface area contributed by atoms with Crippen molar-refractivity contribution in [2.75, 3.05) is 0 Å². The number of ether oxygens (including phenoxy) is 2. The van der Waals surface area contributed by atoms with Crippen LogP contribution >= 0.6 is 0 Å². The van der Waals surface area contributed by atoms with Crippen molar-refractivity contribution < 1.29 is 9.47 Å². The molecule has 3 aromatic rings. The molecule has 0 aliphatic carbocycles. The molecule has 0 saturated carbocycles. The van der Waals surface area contributed by atoms with Gasteiger partial charge in [0.1, 0.15) is 24.0 Å². The van der Waals surface area contributed by atoms with Gasteiger partial charge in [0.15, 0.2) is 0 Å². The third kappa shape index (κ3) is 3.19. The highest BCUT2D eigenvalue weighted by Gasteiger charge is 2.34. The number of rotatable bonds is 4. The zero-order valence-corrected chi connectivity index (χ0v) is 15.7. The second-order valence-corrected chi connectivity index (χ2v) is 6.84. The number of aryl methyl sites for hydroxylation is 2. The molecule has 0 fully saturated rings. The molecular weight excluding hydrogens is 352 g/mol. The molecule has 6 nitrogen and oxygen atoms in total. The normalized spacial score (nSPS) is 15.5. The molecule has 4 rings (SSSR count). The Morgan fingerprint density at radius 3 is 2.71 bits per heavy atom. The number of nitrogens with zero attached hydrogens (tertiary/aromatic N) is 2. The maximum Gasteiger partial charge on any atom is 0.244 e. The number of hydrogen-bond donors (Lipinski definition) is 2. The number of nitriles is 1. The van der Waals surface area contributed by atoms with Gasteiger partial charge in [0.05, 0.1) is 5.92 Å². The summed E-state index contributed by atoms with van der Waals surface area (Å²) in [6.45, 7) is 4.46. The van der Waals surface area contributed by atoms with Crippen LogP contribution in [0.3, 0.4) is 0 Å². The highest BCUT2D eigenvalue weighted by Crippen LogP contribution is 2.42. The largest absolute Gasteiger partial charge is 0.489 e. The second-order valence-electron chi connectivity index (χ2n) is 6.84. The third-order valence-corrected chi connectivity index (χ3v) is 4.83. The lowest BCUT2D eigenvalue weighted by Gasteiger charge is -2.23. The zero-order valence-electron chi connectivity index (χ0n) is 15.7. The van der Waals surface area contributed by atoms with Crippen molar-refractivity contribution in [3.05, 3.63) is 87.9 Å². The molecule has 6 heteroatoms. The standard InChI is InChI=1S/C22H20N4O2/c1-13-4-3-5-15(10-13)12-27-17-8-6-16(7-9-17)20-18(11-23)21(24)28-22-19(20)14(2)25-26-22/h3-10,20H,12,24H2,1-2H3,(H,25,26)/t20-/m0/s1. The van der Waals surface area contributed by atoms with Crippen molar-refractivity contribution in [1.82, 2.24) is 10.2 Å². The van der Waals surface area contributed by atoms with Crippen LogP contribution in [-0.4, -0.2) is 10.2 Å². The Hall–Kier alpha value is -3.72. The minimum Gasteiger partial charge on any atom is -0.489 e. The van der Waals surface area contributed by atoms with E-state index >= 15 is 0 Å². The number of H-pyrrole nitrogens is 1. The summed E-state index contributed by atoms with van der Waals surface area (Å²) < 4.78 is 11.4. The summed E-state index contributed by atoms with van der Waals surface area (Å²) in [6, 6.07) is 18.1. The highest BCUT2D eigenvalue weighted by atomic mass is 16.5. The third-order valence-electron chi connectivity index (χ3n) is 4.83. The average Bonchev–Trinajstić information content (AvgIpc) is 3.06. The van der Waals surface area contributed by atoms with Crippen LogP contribution in [0.2, 0.25) is 0 Å². The Kier molecular flexibility index (Phi) is 4.50. The molecule has 2 heterocycles. The molecule has 2 aromatic carbocycles. The van der Waals surface area contributed by atoms with E-state index < -0.39 is 0 Å². The fraction of sp³-hybridized carbons (Fsp3) is 0.182. The van der Waals surface area contributed by atoms with Crippen LogP contribution in [0.5, 0.6) is 11.6 Å². The van der Waals surface area contributed by atoms with Crippen molar-refractivity contribution in [1.29, 1.82) is 5.26 Å². The fourth-order valence-electron chi connectivity index (χ4n) is 3.46. The summed E-state index contributed by atoms with van der Waals surface area (Å²) in [5.41, 5.74) is 11.3. The van der Waals surface area contributed by atoms with Gasteiger partial charge in [-0.05, 0) is 37.1 Å². The highest BCUT2D eigenvalue weighted by molar-refractivity contribution is 5.55. The van der Waals surface area contributed by atoms with E-state index in [0.29, 0.717) is 18.1 Å². The summed E-state index contributed by atoms with van der Waals surface area (Å²) in [5.74, 6) is 0.945. The first-order valence-corrected chi connectivity index (χ1v) is 8.97. The first kappa shape index (κ1) is 17.7. The number of aromatic nitrogens is 2. The number of allylic oxidation sites excluding steroid dienone is 1. The van der Waals surface area contributed by atoms with Crippen LogP contribution in [0.15, 0.2) is 60.0 Å². The topological polar surface area (TPSA) is 96.9 Å². The first-order chi connectivity index (χ1) is 13.6. The number of aromatic amines is 1. The van der Waals surface area contributed by atoms with Crippen molar-refractivity contribution in [3.8, 4) is 17.7 Å². The van der Waals surface area contributed by atoms with Crippen molar-refractivity contribution in [3.63, 3.8) is 0 Å². The van der Waals surface area contributed by atoms with Crippen LogP contribution in [0.1, 0.15) is 33.9 Å². The average molecular weight is 372 g/mol. The molecule has 140 valence electrons. The van der Waals surface area contributed by atoms with E-state index in [2.05, 4.69) is 35.3 Å². The molecule has 1 aliphatic rings. The number of nitrogens with one attached hydrogen (secondary N) is 1. The molecule has 1 aromatic heterocycles. The Morgan fingerprint density at radius 1 is 1.21 bits per heavy atom. The van der Waals surface area contributed by atoms with Crippen molar-refractivity contribution in [2.45, 2.75) is 26.4 Å². The smallest absolute Gasteiger partial charge is 0.244 e. The van der Waals surface area contributed by atoms with Crippen molar-refractivity contribution in [2.24, 2.45) is 5.73 Å². The van der Waals surface area contributed by atoms with Crippen LogP contribution in [0.25, 0.3) is 0 Å². The Bertz CT molecular complexity index is 1090. The SMILES string of the molecule is Cc1cccc(COc2ccc([C@H]3C(C#N)=C(N)Oc4n[nH]c(C)c43)cc2)c1. The fourth-order valence-corrected chi connectivity index (χ4v) is 3.46. The maximum absolute atomic E-state index is 9.61. The maximum atomic E-state index is 9.61. The summed E-state index contributed by atoms with van der Waals surface area (Å²) in [5, 5.41) is 16.7. The number of nitrogens with two attached hydrogens (primary N) is 1. The molecule has 0 radical (unpaired) electrons. The minimum atomic E-state index is -0.321. The van der Waals surface area contributed by atoms with Gasteiger partial charge in [-0.3, -0.25) is 5.10 Å². The van der Waals surface area contributed by atoms with Gasteiger partial charge in [0.25, 0.3) is 0 Å². The first-order valence-electron chi connectivity index (χ1n) is 8.97. The van der Waals surface area contributed by atoms with Gasteiger partial charge < -0.3 is 15.2 Å². The zero-order chi connectivity index (χ0) is 19.7. The van der Waals surface area contributed by atoms with Gasteiger partial charge in [-0.1, -0.05) is 42.0 Å². The van der Waals surface area contributed by atoms with Gasteiger partial charge in [0.2, 0.25) is 11.8 Å². The predicted octanol–water partition coefficient (Wildman–Crippen LogP) is 3.82. The van der Waals surface area contributed by atoms with Gasteiger partial charge in [-0.15, -0.1) is 5.10 Å². The van der Waals surface area contributed by atoms with E-state index in [9.17, 15) is 5.26 Å². The van der Waals surface area contributed by atoms with Crippen LogP contribution in [0, 0.1) is 25.2 Å². The lowest BCUT2D eigenvalue weighted by Crippen LogP contribution is -2.21. The summed E-state index contributed by atoms with van der Waals surface area (Å²) in [4.78, 5) is 0. The van der Waals surface area contributed by atoms with Crippen LogP contribution in [-0.2, 0) is 6.61 Å². The summed E-state index contributed by atoms with van der Waals surface area (Å²) in [6.07, 6.45) is 0. The quantitative estimate of drug-likeness (QED) is 0.725. The molecular formula is C22H20N4O2. The molecule has 28 heavy (non-hydrogen) atoms. The van der Waals surface area contributed by atoms with E-state index in [1.165, 1.54) is 5.56 Å². The van der Waals surface area contributed by atoms with Gasteiger partial charge in [-0.25, -0.2) is 0 Å². The molecule has 0 unspecified atom stereocenters. The summed E-state index contributed by atoms with van der Waals surface area (Å²) in [7, 11) is 0. The second kappa shape index (κ2) is 7.12. The number of fused-ring (bicyclic) bond motifs is 1. The molecule has 0 amide bonds. The van der Waals surface area contributed by atoms with Gasteiger partial charge >= 0.3 is 0 Å². The summed E-state index contributed by atoms with van der Waals surface area (Å²) >= 11 is 0. The number of benzene rings is 2. The Morgan fingerprint density at radius 2 is 2.00 bits per heavy atom. The van der Waals surface area contributed by atoms with E-state index in [0.717, 1.165) is 28.1 Å². The minimum absolute atomic E-state index is 0.0891. The predicted molar refractivity (Wildman–Crippen MR) is 105 cm³/mol. The Balaban J connectivity index is 1.60. The molecule has 0 spiro atoms. The molecule has 0 saturated heterocycles. The molecule has 1 aliphatic heterocycles. The van der Waals surface area contributed by atoms with Gasteiger partial charge in [0, 0.05) is 11.3 Å². The lowest BCUT2D eigenvalue weighted by atomic mass is 9.84. The van der Waals surface area contributed by atoms with Crippen LogP contribution in [0.4, 0.5) is 0 Å². The molecule has 1 atom stereocenters. The van der Waals surface area contributed by atoms with E-state index in [-0.39, 0.29) is 11.8 Å². The van der Waals surface area contributed by atoms with Crippen molar-refractivity contribution >= 4 is 0 Å². The lowest BCUT2D eigenvalue weighted by molar-refractivity contribution is 0.306. The monoisotopic (exact) mass is 372 g/mol. The Labute approximate surface area is 163 Å². The van der Waals surface area contributed by atoms with Crippen LogP contribution < -0.4 is 15.2 Å². The molecule has 0 bridgehead atoms. The van der Waals surface area contributed by atoms with E-state index in [1.54, 1.807) is 0 Å². The van der Waals surface area contributed by atoms with E-state index in [4.69, 9.17) is 15.2 Å². The molecule has 3 N–H and O–H groups in total. The number of hydrogen-bond acceptors (Lipinski definition) is 5. The van der Waals surface area contributed by atoms with Gasteiger partial charge in [-0.2, -0.15) is 5.26 Å².